The van der Waals surface area contributed by atoms with Crippen molar-refractivity contribution in [2.75, 3.05) is 13.1 Å². The number of hydrogen-bond donors (Lipinski definition) is 2. The van der Waals surface area contributed by atoms with Crippen LogP contribution < -0.4 is 0 Å². The van der Waals surface area contributed by atoms with Gasteiger partial charge >= 0.3 is 6.09 Å². The van der Waals surface area contributed by atoms with Crippen molar-refractivity contribution < 1.29 is 14.6 Å². The fourth-order valence-electron chi connectivity index (χ4n) is 5.28. The van der Waals surface area contributed by atoms with Gasteiger partial charge in [0.15, 0.2) is 0 Å². The molecule has 1 aliphatic heterocycles. The van der Waals surface area contributed by atoms with E-state index < -0.39 is 11.7 Å². The molecule has 2 aliphatic rings. The molecule has 0 radical (unpaired) electrons. The van der Waals surface area contributed by atoms with Gasteiger partial charge in [-0.05, 0) is 86.1 Å². The van der Waals surface area contributed by atoms with Gasteiger partial charge < -0.3 is 19.7 Å². The average molecular weight is 507 g/mol. The molecule has 0 saturated carbocycles. The first-order valence-electron chi connectivity index (χ1n) is 12.3. The van der Waals surface area contributed by atoms with E-state index in [-0.39, 0.29) is 17.9 Å². The number of aliphatic hydroxyl groups excluding tert-OH is 1. The highest BCUT2D eigenvalue weighted by Gasteiger charge is 2.37. The summed E-state index contributed by atoms with van der Waals surface area (Å²) in [6.45, 7) is 6.90. The SMILES string of the molecule is CC(C)(C)OC(=O)N1CCC(C2c3ccc(Cl)cc3C(C(O)c3cnc[nH]3)=Cc3cccnc32)CC1. The maximum absolute atomic E-state index is 12.6. The number of benzene rings is 1. The fourth-order valence-corrected chi connectivity index (χ4v) is 5.46. The molecule has 0 bridgehead atoms. The molecule has 1 fully saturated rings. The number of carbonyl (C=O) groups excluding carboxylic acids is 1. The predicted molar refractivity (Wildman–Crippen MR) is 139 cm³/mol. The summed E-state index contributed by atoms with van der Waals surface area (Å²) in [4.78, 5) is 26.4. The molecule has 2 atom stereocenters. The number of carbonyl (C=O) groups is 1. The highest BCUT2D eigenvalue weighted by atomic mass is 35.5. The summed E-state index contributed by atoms with van der Waals surface area (Å²) < 4.78 is 5.60. The Bertz CT molecular complexity index is 1270. The first-order valence-corrected chi connectivity index (χ1v) is 12.7. The van der Waals surface area contributed by atoms with Gasteiger partial charge in [0.05, 0.1) is 23.9 Å². The number of aromatic nitrogens is 3. The number of halogens is 1. The zero-order valence-corrected chi connectivity index (χ0v) is 21.5. The molecule has 7 nitrogen and oxygen atoms in total. The van der Waals surface area contributed by atoms with Crippen molar-refractivity contribution in [3.8, 4) is 0 Å². The van der Waals surface area contributed by atoms with E-state index in [1.807, 2.05) is 57.3 Å². The maximum Gasteiger partial charge on any atom is 0.410 e. The Hall–Kier alpha value is -3.16. The molecule has 1 saturated heterocycles. The minimum Gasteiger partial charge on any atom is -0.444 e. The van der Waals surface area contributed by atoms with E-state index in [9.17, 15) is 9.90 Å². The monoisotopic (exact) mass is 506 g/mol. The van der Waals surface area contributed by atoms with E-state index in [1.54, 1.807) is 17.4 Å². The van der Waals surface area contributed by atoms with Gasteiger partial charge in [-0.2, -0.15) is 0 Å². The summed E-state index contributed by atoms with van der Waals surface area (Å²) in [6.07, 6.45) is 7.51. The highest BCUT2D eigenvalue weighted by Crippen LogP contribution is 2.47. The number of imidazole rings is 1. The molecule has 2 unspecified atom stereocenters. The van der Waals surface area contributed by atoms with E-state index in [4.69, 9.17) is 21.3 Å². The number of amides is 1. The van der Waals surface area contributed by atoms with Gasteiger partial charge in [-0.3, -0.25) is 4.98 Å². The number of aliphatic hydroxyl groups is 1. The topological polar surface area (TPSA) is 91.3 Å². The number of nitrogens with one attached hydrogen (secondary N) is 1. The van der Waals surface area contributed by atoms with Crippen molar-refractivity contribution in [1.29, 1.82) is 0 Å². The van der Waals surface area contributed by atoms with Crippen molar-refractivity contribution in [1.82, 2.24) is 19.9 Å². The first kappa shape index (κ1) is 24.5. The third-order valence-corrected chi connectivity index (χ3v) is 7.14. The number of aromatic amines is 1. The Morgan fingerprint density at radius 2 is 2.03 bits per heavy atom. The fraction of sp³-hybridized carbons (Fsp3) is 0.393. The summed E-state index contributed by atoms with van der Waals surface area (Å²) in [6, 6.07) is 9.84. The number of rotatable bonds is 3. The lowest BCUT2D eigenvalue weighted by molar-refractivity contribution is 0.0178. The number of nitrogens with zero attached hydrogens (tertiary/aromatic N) is 3. The van der Waals surface area contributed by atoms with Crippen LogP contribution in [0.15, 0.2) is 49.1 Å². The van der Waals surface area contributed by atoms with Gasteiger partial charge in [0, 0.05) is 30.2 Å². The number of likely N-dealkylation sites (tertiary alicyclic amines) is 1. The molecule has 5 rings (SSSR count). The summed E-state index contributed by atoms with van der Waals surface area (Å²) >= 11 is 6.47. The quantitative estimate of drug-likeness (QED) is 0.466. The van der Waals surface area contributed by atoms with Crippen molar-refractivity contribution in [2.45, 2.75) is 51.2 Å². The van der Waals surface area contributed by atoms with E-state index in [2.05, 4.69) is 16.0 Å². The molecule has 0 spiro atoms. The minimum absolute atomic E-state index is 0.00281. The van der Waals surface area contributed by atoms with E-state index in [0.717, 1.165) is 40.8 Å². The Balaban J connectivity index is 1.52. The lowest BCUT2D eigenvalue weighted by atomic mass is 9.76. The van der Waals surface area contributed by atoms with E-state index >= 15 is 0 Å². The molecular formula is C28H31ClN4O3. The van der Waals surface area contributed by atoms with Gasteiger partial charge in [0.25, 0.3) is 0 Å². The smallest absolute Gasteiger partial charge is 0.410 e. The standard InChI is InChI=1S/C28H31ClN4O3/c1-28(2,3)36-27(35)33-11-8-17(9-12-33)24-20-7-6-19(29)14-21(20)22(26(34)23-15-30-16-32-23)13-18-5-4-10-31-25(18)24/h4-7,10,13-17,24,26,34H,8-9,11-12H2,1-3H3,(H,30,32). The van der Waals surface area contributed by atoms with Crippen LogP contribution in [0.2, 0.25) is 5.02 Å². The highest BCUT2D eigenvalue weighted by molar-refractivity contribution is 6.30. The molecule has 1 aromatic carbocycles. The van der Waals surface area contributed by atoms with Crippen LogP contribution in [0, 0.1) is 5.92 Å². The van der Waals surface area contributed by atoms with Crippen LogP contribution in [-0.4, -0.2) is 49.7 Å². The lowest BCUT2D eigenvalue weighted by Crippen LogP contribution is -2.42. The zero-order chi connectivity index (χ0) is 25.4. The molecule has 36 heavy (non-hydrogen) atoms. The van der Waals surface area contributed by atoms with Crippen molar-refractivity contribution in [3.63, 3.8) is 0 Å². The average Bonchev–Trinajstić information content (AvgIpc) is 3.34. The molecular weight excluding hydrogens is 476 g/mol. The van der Waals surface area contributed by atoms with Gasteiger partial charge in [-0.1, -0.05) is 23.7 Å². The molecule has 3 aromatic rings. The maximum atomic E-state index is 12.6. The van der Waals surface area contributed by atoms with Gasteiger partial charge in [0.1, 0.15) is 11.7 Å². The zero-order valence-electron chi connectivity index (χ0n) is 20.7. The van der Waals surface area contributed by atoms with Crippen molar-refractivity contribution in [3.05, 3.63) is 82.2 Å². The number of pyridine rings is 1. The third kappa shape index (κ3) is 4.90. The minimum atomic E-state index is -0.898. The normalized spacial score (nSPS) is 19.1. The summed E-state index contributed by atoms with van der Waals surface area (Å²) in [7, 11) is 0. The number of fused-ring (bicyclic) bond motifs is 2. The summed E-state index contributed by atoms with van der Waals surface area (Å²) in [5.74, 6) is 0.256. The number of piperidine rings is 1. The van der Waals surface area contributed by atoms with Crippen molar-refractivity contribution >= 4 is 29.3 Å². The number of H-pyrrole nitrogens is 1. The Kier molecular flexibility index (Phi) is 6.62. The Morgan fingerprint density at radius 3 is 2.72 bits per heavy atom. The second kappa shape index (κ2) is 9.71. The predicted octanol–water partition coefficient (Wildman–Crippen LogP) is 5.82. The molecule has 2 aromatic heterocycles. The van der Waals surface area contributed by atoms with Crippen LogP contribution in [0.3, 0.4) is 0 Å². The van der Waals surface area contributed by atoms with Crippen molar-refractivity contribution in [2.24, 2.45) is 5.92 Å². The van der Waals surface area contributed by atoms with Gasteiger partial charge in [0.2, 0.25) is 0 Å². The second-order valence-corrected chi connectivity index (χ2v) is 10.9. The Morgan fingerprint density at radius 1 is 1.25 bits per heavy atom. The van der Waals surface area contributed by atoms with Gasteiger partial charge in [-0.25, -0.2) is 9.78 Å². The molecule has 2 N–H and O–H groups in total. The van der Waals surface area contributed by atoms with Crippen LogP contribution in [0.4, 0.5) is 4.79 Å². The largest absolute Gasteiger partial charge is 0.444 e. The van der Waals surface area contributed by atoms with Crippen LogP contribution in [0.25, 0.3) is 11.6 Å². The number of ether oxygens (including phenoxy) is 1. The van der Waals surface area contributed by atoms with Gasteiger partial charge in [-0.15, -0.1) is 0 Å². The van der Waals surface area contributed by atoms with Crippen LogP contribution >= 0.6 is 11.6 Å². The van der Waals surface area contributed by atoms with E-state index in [1.165, 1.54) is 0 Å². The molecule has 8 heteroatoms. The molecule has 1 aliphatic carbocycles. The summed E-state index contributed by atoms with van der Waals surface area (Å²) in [5, 5.41) is 12.0. The van der Waals surface area contributed by atoms with Crippen LogP contribution in [0.1, 0.15) is 73.7 Å². The lowest BCUT2D eigenvalue weighted by Gasteiger charge is -2.37. The molecule has 1 amide bonds. The summed E-state index contributed by atoms with van der Waals surface area (Å²) in [5.41, 5.74) is 4.77. The van der Waals surface area contributed by atoms with Crippen LogP contribution in [-0.2, 0) is 4.74 Å². The Labute approximate surface area is 216 Å². The first-order chi connectivity index (χ1) is 17.2. The second-order valence-electron chi connectivity index (χ2n) is 10.5. The molecule has 188 valence electrons. The van der Waals surface area contributed by atoms with E-state index in [0.29, 0.717) is 23.8 Å². The van der Waals surface area contributed by atoms with Crippen LogP contribution in [0.5, 0.6) is 0 Å². The third-order valence-electron chi connectivity index (χ3n) is 6.91. The number of hydrogen-bond acceptors (Lipinski definition) is 5. The molecule has 3 heterocycles.